The SMILES string of the molecule is CC(C)CS(=O)(=O)N1CCC(Nc2ncc3cc(C(F)F)c(=O)n([C@H]4CCC[C@]4(C)O)c3n2)CC1. The molecule has 9 nitrogen and oxygen atoms in total. The summed E-state index contributed by atoms with van der Waals surface area (Å²) in [5.41, 5.74) is -2.52. The van der Waals surface area contributed by atoms with Gasteiger partial charge in [-0.2, -0.15) is 4.98 Å². The number of hydrogen-bond donors (Lipinski definition) is 2. The number of fused-ring (bicyclic) bond motifs is 1. The molecule has 0 aromatic carbocycles. The van der Waals surface area contributed by atoms with E-state index in [2.05, 4.69) is 15.3 Å². The van der Waals surface area contributed by atoms with Crippen LogP contribution in [-0.2, 0) is 10.0 Å². The van der Waals surface area contributed by atoms with Crippen molar-refractivity contribution in [3.05, 3.63) is 28.2 Å². The third-order valence-electron chi connectivity index (χ3n) is 6.95. The second-order valence-corrected chi connectivity index (χ2v) is 12.3. The fourth-order valence-electron chi connectivity index (χ4n) is 5.18. The number of piperidine rings is 1. The van der Waals surface area contributed by atoms with Gasteiger partial charge >= 0.3 is 0 Å². The van der Waals surface area contributed by atoms with Crippen LogP contribution in [-0.4, -0.2) is 62.8 Å². The summed E-state index contributed by atoms with van der Waals surface area (Å²) in [6.45, 7) is 6.12. The monoisotopic (exact) mass is 513 g/mol. The van der Waals surface area contributed by atoms with Crippen LogP contribution in [0.25, 0.3) is 11.0 Å². The van der Waals surface area contributed by atoms with Crippen molar-refractivity contribution in [1.29, 1.82) is 0 Å². The molecule has 2 aromatic rings. The molecular weight excluding hydrogens is 480 g/mol. The van der Waals surface area contributed by atoms with Gasteiger partial charge in [0.1, 0.15) is 5.65 Å². The number of rotatable bonds is 7. The minimum atomic E-state index is -3.30. The van der Waals surface area contributed by atoms with E-state index in [0.717, 1.165) is 6.07 Å². The first-order valence-electron chi connectivity index (χ1n) is 12.1. The zero-order chi connectivity index (χ0) is 25.5. The van der Waals surface area contributed by atoms with E-state index in [9.17, 15) is 27.1 Å². The van der Waals surface area contributed by atoms with Crippen molar-refractivity contribution >= 4 is 27.0 Å². The molecule has 0 spiro atoms. The lowest BCUT2D eigenvalue weighted by molar-refractivity contribution is 0.0261. The van der Waals surface area contributed by atoms with Gasteiger partial charge in [-0.3, -0.25) is 9.36 Å². The van der Waals surface area contributed by atoms with Gasteiger partial charge in [0.05, 0.1) is 23.0 Å². The van der Waals surface area contributed by atoms with Crippen molar-refractivity contribution in [3.8, 4) is 0 Å². The Hall–Kier alpha value is -2.18. The first-order valence-corrected chi connectivity index (χ1v) is 13.7. The molecule has 0 unspecified atom stereocenters. The van der Waals surface area contributed by atoms with Crippen LogP contribution >= 0.6 is 0 Å². The van der Waals surface area contributed by atoms with Crippen LogP contribution in [0.15, 0.2) is 17.1 Å². The molecule has 2 fully saturated rings. The Morgan fingerprint density at radius 3 is 2.51 bits per heavy atom. The van der Waals surface area contributed by atoms with Crippen molar-refractivity contribution in [2.75, 3.05) is 24.2 Å². The average molecular weight is 514 g/mol. The number of anilines is 1. The maximum absolute atomic E-state index is 13.6. The highest BCUT2D eigenvalue weighted by atomic mass is 32.2. The molecule has 3 heterocycles. The lowest BCUT2D eigenvalue weighted by Gasteiger charge is -2.32. The molecule has 1 aliphatic heterocycles. The number of nitrogens with one attached hydrogen (secondary N) is 1. The molecule has 0 amide bonds. The van der Waals surface area contributed by atoms with E-state index in [-0.39, 0.29) is 29.3 Å². The number of sulfonamides is 1. The van der Waals surface area contributed by atoms with Gasteiger partial charge in [-0.15, -0.1) is 0 Å². The van der Waals surface area contributed by atoms with E-state index in [0.29, 0.717) is 50.6 Å². The van der Waals surface area contributed by atoms with Crippen LogP contribution in [0.1, 0.15) is 70.9 Å². The van der Waals surface area contributed by atoms with Crippen molar-refractivity contribution in [1.82, 2.24) is 18.8 Å². The second-order valence-electron chi connectivity index (χ2n) is 10.3. The van der Waals surface area contributed by atoms with Crippen LogP contribution < -0.4 is 10.9 Å². The quantitative estimate of drug-likeness (QED) is 0.584. The molecule has 194 valence electrons. The van der Waals surface area contributed by atoms with E-state index in [1.807, 2.05) is 13.8 Å². The predicted octanol–water partition coefficient (Wildman–Crippen LogP) is 3.07. The number of aromatic nitrogens is 3. The largest absolute Gasteiger partial charge is 0.388 e. The van der Waals surface area contributed by atoms with E-state index in [1.54, 1.807) is 6.92 Å². The Labute approximate surface area is 203 Å². The van der Waals surface area contributed by atoms with E-state index in [1.165, 1.54) is 15.1 Å². The fourth-order valence-corrected chi connectivity index (χ4v) is 7.00. The fraction of sp³-hybridized carbons (Fsp3) is 0.696. The molecule has 1 saturated heterocycles. The highest BCUT2D eigenvalue weighted by Crippen LogP contribution is 2.39. The topological polar surface area (TPSA) is 117 Å². The Bertz CT molecular complexity index is 1240. The van der Waals surface area contributed by atoms with Crippen LogP contribution in [0, 0.1) is 5.92 Å². The van der Waals surface area contributed by atoms with Gasteiger partial charge in [-0.05, 0) is 51.0 Å². The lowest BCUT2D eigenvalue weighted by atomic mass is 9.99. The Balaban J connectivity index is 1.61. The zero-order valence-electron chi connectivity index (χ0n) is 20.2. The normalized spacial score (nSPS) is 24.6. The maximum atomic E-state index is 13.6. The predicted molar refractivity (Wildman–Crippen MR) is 129 cm³/mol. The summed E-state index contributed by atoms with van der Waals surface area (Å²) in [4.78, 5) is 21.8. The number of alkyl halides is 2. The minimum Gasteiger partial charge on any atom is -0.388 e. The Morgan fingerprint density at radius 1 is 1.26 bits per heavy atom. The van der Waals surface area contributed by atoms with Gasteiger partial charge in [-0.1, -0.05) is 13.8 Å². The first-order chi connectivity index (χ1) is 16.4. The van der Waals surface area contributed by atoms with Gasteiger partial charge in [0, 0.05) is 30.7 Å². The molecule has 1 aliphatic carbocycles. The molecule has 2 aromatic heterocycles. The molecule has 4 rings (SSSR count). The number of nitrogens with zero attached hydrogens (tertiary/aromatic N) is 4. The summed E-state index contributed by atoms with van der Waals surface area (Å²) in [5.74, 6) is 0.393. The van der Waals surface area contributed by atoms with Crippen LogP contribution in [0.2, 0.25) is 0 Å². The summed E-state index contributed by atoms with van der Waals surface area (Å²) in [7, 11) is -3.30. The second kappa shape index (κ2) is 9.70. The number of pyridine rings is 1. The van der Waals surface area contributed by atoms with Crippen LogP contribution in [0.4, 0.5) is 14.7 Å². The zero-order valence-corrected chi connectivity index (χ0v) is 21.1. The first kappa shape index (κ1) is 25.9. The Morgan fingerprint density at radius 2 is 1.94 bits per heavy atom. The number of halogens is 2. The van der Waals surface area contributed by atoms with E-state index < -0.39 is 39.2 Å². The minimum absolute atomic E-state index is 0.0469. The molecule has 2 atom stereocenters. The van der Waals surface area contributed by atoms with E-state index in [4.69, 9.17) is 0 Å². The molecule has 0 bridgehead atoms. The standard InChI is InChI=1S/C23H33F2N5O4S/c1-14(2)13-35(33,34)29-9-6-16(7-10-29)27-22-26-12-15-11-17(19(24)25)21(31)30(20(15)28-22)18-5-4-8-23(18,3)32/h11-12,14,16,18-19,32H,4-10,13H2,1-3H3,(H,26,27,28)/t18-,23-/m0/s1. The van der Waals surface area contributed by atoms with Gasteiger partial charge in [0.2, 0.25) is 16.0 Å². The summed E-state index contributed by atoms with van der Waals surface area (Å²) < 4.78 is 55.0. The Kier molecular flexibility index (Phi) is 7.18. The molecule has 35 heavy (non-hydrogen) atoms. The highest BCUT2D eigenvalue weighted by Gasteiger charge is 2.40. The van der Waals surface area contributed by atoms with Crippen LogP contribution in [0.5, 0.6) is 0 Å². The van der Waals surface area contributed by atoms with E-state index >= 15 is 0 Å². The molecule has 2 aliphatic rings. The summed E-state index contributed by atoms with van der Waals surface area (Å²) >= 11 is 0. The lowest BCUT2D eigenvalue weighted by Crippen LogP contribution is -2.44. The third kappa shape index (κ3) is 5.34. The summed E-state index contributed by atoms with van der Waals surface area (Å²) in [6, 6.07) is 0.367. The summed E-state index contributed by atoms with van der Waals surface area (Å²) in [5, 5.41) is 14.3. The highest BCUT2D eigenvalue weighted by molar-refractivity contribution is 7.89. The summed E-state index contributed by atoms with van der Waals surface area (Å²) in [6.07, 6.45) is 1.17. The maximum Gasteiger partial charge on any atom is 0.269 e. The van der Waals surface area contributed by atoms with Crippen molar-refractivity contribution in [2.45, 2.75) is 77.0 Å². The van der Waals surface area contributed by atoms with Crippen molar-refractivity contribution < 1.29 is 22.3 Å². The molecule has 0 radical (unpaired) electrons. The molecule has 2 N–H and O–H groups in total. The van der Waals surface area contributed by atoms with Gasteiger partial charge in [-0.25, -0.2) is 26.5 Å². The third-order valence-corrected chi connectivity index (χ3v) is 9.19. The number of aliphatic hydroxyl groups is 1. The smallest absolute Gasteiger partial charge is 0.269 e. The molecule has 1 saturated carbocycles. The van der Waals surface area contributed by atoms with Crippen molar-refractivity contribution in [2.24, 2.45) is 5.92 Å². The molecular formula is C23H33F2N5O4S. The van der Waals surface area contributed by atoms with Gasteiger partial charge in [0.15, 0.2) is 0 Å². The molecule has 12 heteroatoms. The van der Waals surface area contributed by atoms with Gasteiger partial charge in [0.25, 0.3) is 12.0 Å². The van der Waals surface area contributed by atoms with Crippen molar-refractivity contribution in [3.63, 3.8) is 0 Å². The van der Waals surface area contributed by atoms with Gasteiger partial charge < -0.3 is 10.4 Å². The average Bonchev–Trinajstić information content (AvgIpc) is 3.11. The van der Waals surface area contributed by atoms with Crippen LogP contribution in [0.3, 0.4) is 0 Å². The number of hydrogen-bond acceptors (Lipinski definition) is 7.